The second-order valence-electron chi connectivity index (χ2n) is 6.80. The zero-order valence-electron chi connectivity index (χ0n) is 15.5. The third-order valence-electron chi connectivity index (χ3n) is 4.87. The van der Waals surface area contributed by atoms with Crippen LogP contribution < -0.4 is 19.2 Å². The van der Waals surface area contributed by atoms with E-state index >= 15 is 0 Å². The molecule has 0 aliphatic heterocycles. The summed E-state index contributed by atoms with van der Waals surface area (Å²) < 4.78 is 10.3. The van der Waals surface area contributed by atoms with Crippen molar-refractivity contribution < 1.29 is 4.74 Å². The van der Waals surface area contributed by atoms with E-state index in [-0.39, 0.29) is 10.9 Å². The molecule has 132 valence electrons. The quantitative estimate of drug-likeness (QED) is 0.350. The summed E-state index contributed by atoms with van der Waals surface area (Å²) in [6.45, 7) is 9.23. The van der Waals surface area contributed by atoms with Gasteiger partial charge in [-0.05, 0) is 0 Å². The van der Waals surface area contributed by atoms with Gasteiger partial charge in [0.05, 0.1) is 0 Å². The van der Waals surface area contributed by atoms with Crippen molar-refractivity contribution in [2.75, 3.05) is 6.61 Å². The predicted octanol–water partition coefficient (Wildman–Crippen LogP) is 4.13. The Morgan fingerprint density at radius 1 is 0.739 bits per heavy atom. The fourth-order valence-electron chi connectivity index (χ4n) is 3.49. The molecule has 0 aromatic heterocycles. The third-order valence-corrected chi connectivity index (χ3v) is 20.4. The van der Waals surface area contributed by atoms with E-state index < -0.39 is 18.4 Å². The maximum absolute atomic E-state index is 12.4. The molecule has 23 heavy (non-hydrogen) atoms. The standard InChI is InChI=1S/C7H7O3.3C4H9.Sn/c1-2-3-10-6-4-5(8)7(6)9;3*1-3-4-2;/h2-3H2,1H3;3*1,3-4H2,2H3;. The Morgan fingerprint density at radius 3 is 1.61 bits per heavy atom. The summed E-state index contributed by atoms with van der Waals surface area (Å²) in [6, 6.07) is 0. The van der Waals surface area contributed by atoms with Gasteiger partial charge < -0.3 is 0 Å². The Kier molecular flexibility index (Phi) is 9.48. The van der Waals surface area contributed by atoms with E-state index in [1.54, 1.807) is 0 Å². The third kappa shape index (κ3) is 5.07. The van der Waals surface area contributed by atoms with Crippen molar-refractivity contribution in [1.82, 2.24) is 0 Å². The van der Waals surface area contributed by atoms with Crippen LogP contribution in [0.15, 0.2) is 9.59 Å². The topological polar surface area (TPSA) is 43.4 Å². The van der Waals surface area contributed by atoms with E-state index in [2.05, 4.69) is 20.8 Å². The molecular formula is C19H34O3Sn. The Hall–Kier alpha value is -0.321. The van der Waals surface area contributed by atoms with Crippen molar-refractivity contribution in [3.05, 3.63) is 20.4 Å². The number of rotatable bonds is 13. The van der Waals surface area contributed by atoms with Gasteiger partial charge in [-0.25, -0.2) is 0 Å². The van der Waals surface area contributed by atoms with E-state index in [9.17, 15) is 9.59 Å². The fourth-order valence-corrected chi connectivity index (χ4v) is 20.2. The van der Waals surface area contributed by atoms with Gasteiger partial charge in [0.1, 0.15) is 0 Å². The van der Waals surface area contributed by atoms with Crippen LogP contribution in [-0.4, -0.2) is 25.0 Å². The van der Waals surface area contributed by atoms with Gasteiger partial charge in [-0.15, -0.1) is 0 Å². The molecule has 0 spiro atoms. The van der Waals surface area contributed by atoms with Crippen molar-refractivity contribution in [3.63, 3.8) is 0 Å². The first kappa shape index (κ1) is 20.7. The maximum atomic E-state index is 12.4. The Labute approximate surface area is 145 Å². The molecule has 0 saturated carbocycles. The summed E-state index contributed by atoms with van der Waals surface area (Å²) in [4.78, 5) is 24.5. The van der Waals surface area contributed by atoms with E-state index in [1.165, 1.54) is 32.6 Å². The van der Waals surface area contributed by atoms with Crippen LogP contribution in [0.5, 0.6) is 5.75 Å². The first-order valence-electron chi connectivity index (χ1n) is 9.54. The predicted molar refractivity (Wildman–Crippen MR) is 102 cm³/mol. The van der Waals surface area contributed by atoms with E-state index in [0.29, 0.717) is 12.4 Å². The van der Waals surface area contributed by atoms with Gasteiger partial charge >= 0.3 is 145 Å². The van der Waals surface area contributed by atoms with Crippen LogP contribution in [0.2, 0.25) is 13.3 Å². The molecule has 0 amide bonds. The molecule has 0 atom stereocenters. The van der Waals surface area contributed by atoms with E-state index in [4.69, 9.17) is 4.74 Å². The minimum absolute atomic E-state index is 0.185. The zero-order valence-corrected chi connectivity index (χ0v) is 18.4. The van der Waals surface area contributed by atoms with Gasteiger partial charge in [0.25, 0.3) is 0 Å². The summed E-state index contributed by atoms with van der Waals surface area (Å²) in [5.74, 6) is 0.482. The van der Waals surface area contributed by atoms with E-state index in [1.807, 2.05) is 6.92 Å². The monoisotopic (exact) mass is 430 g/mol. The van der Waals surface area contributed by atoms with Crippen LogP contribution in [0.25, 0.3) is 0 Å². The Bertz CT molecular complexity index is 507. The zero-order chi connectivity index (χ0) is 17.3. The van der Waals surface area contributed by atoms with Crippen molar-refractivity contribution >= 4 is 22.0 Å². The average Bonchev–Trinajstić information content (AvgIpc) is 2.58. The van der Waals surface area contributed by atoms with Gasteiger partial charge in [-0.2, -0.15) is 0 Å². The summed E-state index contributed by atoms with van der Waals surface area (Å²) in [7, 11) is 0. The molecule has 0 fully saturated rings. The molecule has 1 rings (SSSR count). The molecule has 0 heterocycles. The van der Waals surface area contributed by atoms with Gasteiger partial charge in [-0.3, -0.25) is 0 Å². The SMILES string of the molecule is CCC[CH2][Sn]([CH2]CCC)([CH2]CCC)[c]1c(OCCC)c(=O)c1=O. The normalized spacial score (nSPS) is 12.0. The van der Waals surface area contributed by atoms with Crippen LogP contribution >= 0.6 is 0 Å². The molecule has 1 aromatic rings. The van der Waals surface area contributed by atoms with Crippen molar-refractivity contribution in [2.24, 2.45) is 0 Å². The summed E-state index contributed by atoms with van der Waals surface area (Å²) in [5.41, 5.74) is -0.533. The molecule has 3 nitrogen and oxygen atoms in total. The minimum atomic E-state index is -2.81. The molecule has 0 aliphatic carbocycles. The first-order valence-corrected chi connectivity index (χ1v) is 17.0. The first-order chi connectivity index (χ1) is 11.1. The van der Waals surface area contributed by atoms with Gasteiger partial charge in [0.2, 0.25) is 0 Å². The van der Waals surface area contributed by atoms with E-state index in [0.717, 1.165) is 29.3 Å². The number of hydrogen-bond donors (Lipinski definition) is 0. The fraction of sp³-hybridized carbons (Fsp3) is 0.789. The van der Waals surface area contributed by atoms with Crippen molar-refractivity contribution in [3.8, 4) is 5.75 Å². The van der Waals surface area contributed by atoms with Crippen molar-refractivity contribution in [1.29, 1.82) is 0 Å². The molecule has 1 aromatic carbocycles. The summed E-state index contributed by atoms with van der Waals surface area (Å²) in [5, 5.41) is 0. The van der Waals surface area contributed by atoms with Gasteiger partial charge in [-0.1, -0.05) is 0 Å². The number of hydrogen-bond acceptors (Lipinski definition) is 3. The Morgan fingerprint density at radius 2 is 1.22 bits per heavy atom. The second kappa shape index (κ2) is 10.5. The van der Waals surface area contributed by atoms with Gasteiger partial charge in [0.15, 0.2) is 0 Å². The molecule has 0 aliphatic rings. The second-order valence-corrected chi connectivity index (χ2v) is 19.8. The summed E-state index contributed by atoms with van der Waals surface area (Å²) >= 11 is -2.81. The van der Waals surface area contributed by atoms with Crippen LogP contribution in [0.4, 0.5) is 0 Å². The molecule has 0 unspecified atom stereocenters. The van der Waals surface area contributed by atoms with Crippen LogP contribution in [0.3, 0.4) is 0 Å². The average molecular weight is 429 g/mol. The number of ether oxygens (including phenoxy) is 1. The molecule has 0 bridgehead atoms. The molecular weight excluding hydrogens is 395 g/mol. The van der Waals surface area contributed by atoms with Crippen LogP contribution in [-0.2, 0) is 0 Å². The van der Waals surface area contributed by atoms with Crippen molar-refractivity contribution in [2.45, 2.75) is 86.0 Å². The van der Waals surface area contributed by atoms with Crippen LogP contribution in [0.1, 0.15) is 72.6 Å². The molecule has 4 heteroatoms. The van der Waals surface area contributed by atoms with Crippen LogP contribution in [0, 0.1) is 0 Å². The molecule has 0 saturated heterocycles. The molecule has 0 N–H and O–H groups in total. The Balaban J connectivity index is 3.21. The molecule has 0 radical (unpaired) electrons. The summed E-state index contributed by atoms with van der Waals surface area (Å²) in [6.07, 6.45) is 7.94. The number of unbranched alkanes of at least 4 members (excludes halogenated alkanes) is 3. The van der Waals surface area contributed by atoms with Gasteiger partial charge in [0, 0.05) is 0 Å².